The molecule has 0 bridgehead atoms. The number of aryl methyl sites for hydroxylation is 1. The Hall–Kier alpha value is -2.29. The molecule has 21 heavy (non-hydrogen) atoms. The maximum absolute atomic E-state index is 12.2. The van der Waals surface area contributed by atoms with Gasteiger partial charge in [-0.25, -0.2) is 0 Å². The third-order valence-corrected chi connectivity index (χ3v) is 3.48. The number of amides is 1. The van der Waals surface area contributed by atoms with Gasteiger partial charge in [-0.15, -0.1) is 0 Å². The summed E-state index contributed by atoms with van der Waals surface area (Å²) in [4.78, 5) is 13.8. The molecule has 2 aromatic carbocycles. The third-order valence-electron chi connectivity index (χ3n) is 3.48. The lowest BCUT2D eigenvalue weighted by Crippen LogP contribution is -2.23. The number of carbonyl (C=O) groups is 1. The predicted octanol–water partition coefficient (Wildman–Crippen LogP) is 3.87. The number of anilines is 1. The van der Waals surface area contributed by atoms with Crippen LogP contribution in [0.5, 0.6) is 0 Å². The van der Waals surface area contributed by atoms with Gasteiger partial charge in [0.2, 0.25) is 0 Å². The van der Waals surface area contributed by atoms with Crippen molar-refractivity contribution in [3.63, 3.8) is 0 Å². The molecule has 0 fully saturated rings. The fourth-order valence-electron chi connectivity index (χ4n) is 2.29. The first kappa shape index (κ1) is 15.1. The molecule has 0 spiro atoms. The third kappa shape index (κ3) is 3.63. The molecule has 0 aromatic heterocycles. The summed E-state index contributed by atoms with van der Waals surface area (Å²) in [5, 5.41) is 3.44. The van der Waals surface area contributed by atoms with Crippen LogP contribution in [0, 0.1) is 6.92 Å². The molecule has 1 atom stereocenters. The summed E-state index contributed by atoms with van der Waals surface area (Å²) in [6.07, 6.45) is 0. The number of benzene rings is 2. The normalized spacial score (nSPS) is 11.8. The van der Waals surface area contributed by atoms with E-state index < -0.39 is 0 Å². The summed E-state index contributed by atoms with van der Waals surface area (Å²) in [6.45, 7) is 4.19. The maximum Gasteiger partial charge on any atom is 0.255 e. The lowest BCUT2D eigenvalue weighted by molar-refractivity contribution is 0.0828. The molecule has 0 aliphatic heterocycles. The van der Waals surface area contributed by atoms with E-state index in [1.807, 2.05) is 24.3 Å². The van der Waals surface area contributed by atoms with E-state index in [2.05, 4.69) is 43.4 Å². The van der Waals surface area contributed by atoms with Gasteiger partial charge in [0.1, 0.15) is 0 Å². The van der Waals surface area contributed by atoms with Crippen molar-refractivity contribution in [2.75, 3.05) is 19.4 Å². The lowest BCUT2D eigenvalue weighted by atomic mass is 10.0. The Balaban J connectivity index is 2.25. The van der Waals surface area contributed by atoms with Gasteiger partial charge in [0.05, 0.1) is 5.56 Å². The molecule has 2 rings (SSSR count). The Bertz CT molecular complexity index is 635. The molecule has 1 amide bonds. The average Bonchev–Trinajstić information content (AvgIpc) is 2.47. The zero-order valence-electron chi connectivity index (χ0n) is 13.1. The molecular weight excluding hydrogens is 260 g/mol. The Morgan fingerprint density at radius 3 is 2.48 bits per heavy atom. The minimum atomic E-state index is 0.00884. The molecule has 0 heterocycles. The van der Waals surface area contributed by atoms with E-state index >= 15 is 0 Å². The van der Waals surface area contributed by atoms with Crippen molar-refractivity contribution in [1.29, 1.82) is 0 Å². The van der Waals surface area contributed by atoms with E-state index in [4.69, 9.17) is 0 Å². The van der Waals surface area contributed by atoms with Crippen LogP contribution in [0.1, 0.15) is 34.5 Å². The summed E-state index contributed by atoms with van der Waals surface area (Å²) < 4.78 is 0. The van der Waals surface area contributed by atoms with E-state index in [0.717, 1.165) is 5.69 Å². The number of hydrogen-bond acceptors (Lipinski definition) is 2. The highest BCUT2D eigenvalue weighted by Gasteiger charge is 2.14. The SMILES string of the molecule is Cc1cccc(C(C)Nc2ccccc2C(=O)N(C)C)c1. The van der Waals surface area contributed by atoms with Crippen LogP contribution in [0.2, 0.25) is 0 Å². The smallest absolute Gasteiger partial charge is 0.255 e. The van der Waals surface area contributed by atoms with Gasteiger partial charge in [-0.1, -0.05) is 42.0 Å². The molecule has 3 nitrogen and oxygen atoms in total. The van der Waals surface area contributed by atoms with Crippen molar-refractivity contribution < 1.29 is 4.79 Å². The van der Waals surface area contributed by atoms with Crippen LogP contribution in [-0.4, -0.2) is 24.9 Å². The van der Waals surface area contributed by atoms with Crippen molar-refractivity contribution >= 4 is 11.6 Å². The zero-order chi connectivity index (χ0) is 15.4. The van der Waals surface area contributed by atoms with Gasteiger partial charge >= 0.3 is 0 Å². The van der Waals surface area contributed by atoms with E-state index in [-0.39, 0.29) is 11.9 Å². The van der Waals surface area contributed by atoms with Crippen LogP contribution in [0.4, 0.5) is 5.69 Å². The summed E-state index contributed by atoms with van der Waals surface area (Å²) in [6, 6.07) is 16.2. The van der Waals surface area contributed by atoms with Gasteiger partial charge in [-0.3, -0.25) is 4.79 Å². The highest BCUT2D eigenvalue weighted by molar-refractivity contribution is 5.99. The molecule has 0 radical (unpaired) electrons. The van der Waals surface area contributed by atoms with Gasteiger partial charge in [0.25, 0.3) is 5.91 Å². The Morgan fingerprint density at radius 2 is 1.81 bits per heavy atom. The fourth-order valence-corrected chi connectivity index (χ4v) is 2.29. The molecular formula is C18H22N2O. The molecule has 1 N–H and O–H groups in total. The number of para-hydroxylation sites is 1. The Morgan fingerprint density at radius 1 is 1.10 bits per heavy atom. The minimum Gasteiger partial charge on any atom is -0.378 e. The van der Waals surface area contributed by atoms with Crippen LogP contribution in [0.25, 0.3) is 0 Å². The van der Waals surface area contributed by atoms with Gasteiger partial charge in [0.15, 0.2) is 0 Å². The summed E-state index contributed by atoms with van der Waals surface area (Å²) >= 11 is 0. The van der Waals surface area contributed by atoms with Crippen molar-refractivity contribution in [3.8, 4) is 0 Å². The lowest BCUT2D eigenvalue weighted by Gasteiger charge is -2.20. The highest BCUT2D eigenvalue weighted by Crippen LogP contribution is 2.23. The van der Waals surface area contributed by atoms with Gasteiger partial charge in [-0.2, -0.15) is 0 Å². The standard InChI is InChI=1S/C18H22N2O/c1-13-8-7-9-15(12-13)14(2)19-17-11-6-5-10-16(17)18(21)20(3)4/h5-12,14,19H,1-4H3. The first-order valence-corrected chi connectivity index (χ1v) is 7.13. The molecule has 0 aliphatic carbocycles. The Labute approximate surface area is 126 Å². The van der Waals surface area contributed by atoms with Gasteiger partial charge in [-0.05, 0) is 31.5 Å². The zero-order valence-corrected chi connectivity index (χ0v) is 13.1. The van der Waals surface area contributed by atoms with Crippen molar-refractivity contribution in [2.45, 2.75) is 19.9 Å². The van der Waals surface area contributed by atoms with Crippen molar-refractivity contribution in [3.05, 3.63) is 65.2 Å². The number of rotatable bonds is 4. The molecule has 1 unspecified atom stereocenters. The van der Waals surface area contributed by atoms with Gasteiger partial charge in [0, 0.05) is 25.8 Å². The second kappa shape index (κ2) is 6.44. The number of nitrogens with zero attached hydrogens (tertiary/aromatic N) is 1. The van der Waals surface area contributed by atoms with Crippen LogP contribution in [0.3, 0.4) is 0 Å². The second-order valence-corrected chi connectivity index (χ2v) is 5.53. The quantitative estimate of drug-likeness (QED) is 0.923. The van der Waals surface area contributed by atoms with E-state index in [1.165, 1.54) is 11.1 Å². The van der Waals surface area contributed by atoms with E-state index in [9.17, 15) is 4.79 Å². The summed E-state index contributed by atoms with van der Waals surface area (Å²) in [7, 11) is 3.53. The topological polar surface area (TPSA) is 32.3 Å². The predicted molar refractivity (Wildman–Crippen MR) is 87.7 cm³/mol. The Kier molecular flexibility index (Phi) is 4.63. The fraction of sp³-hybridized carbons (Fsp3) is 0.278. The maximum atomic E-state index is 12.2. The molecule has 0 aliphatic rings. The average molecular weight is 282 g/mol. The van der Waals surface area contributed by atoms with Crippen molar-refractivity contribution in [2.24, 2.45) is 0 Å². The summed E-state index contributed by atoms with van der Waals surface area (Å²) in [5.41, 5.74) is 4.01. The van der Waals surface area contributed by atoms with Gasteiger partial charge < -0.3 is 10.2 Å². The molecule has 0 saturated heterocycles. The first-order valence-electron chi connectivity index (χ1n) is 7.13. The first-order chi connectivity index (χ1) is 9.99. The summed E-state index contributed by atoms with van der Waals surface area (Å²) in [5.74, 6) is 0.00884. The molecule has 2 aromatic rings. The molecule has 110 valence electrons. The van der Waals surface area contributed by atoms with Crippen molar-refractivity contribution in [1.82, 2.24) is 4.90 Å². The highest BCUT2D eigenvalue weighted by atomic mass is 16.2. The van der Waals surface area contributed by atoms with Crippen LogP contribution < -0.4 is 5.32 Å². The number of carbonyl (C=O) groups excluding carboxylic acids is 1. The van der Waals surface area contributed by atoms with Crippen LogP contribution in [0.15, 0.2) is 48.5 Å². The van der Waals surface area contributed by atoms with Crippen LogP contribution in [-0.2, 0) is 0 Å². The number of hydrogen-bond donors (Lipinski definition) is 1. The van der Waals surface area contributed by atoms with E-state index in [1.54, 1.807) is 19.0 Å². The number of nitrogens with one attached hydrogen (secondary N) is 1. The monoisotopic (exact) mass is 282 g/mol. The van der Waals surface area contributed by atoms with Crippen LogP contribution >= 0.6 is 0 Å². The second-order valence-electron chi connectivity index (χ2n) is 5.53. The molecule has 3 heteroatoms. The molecule has 0 saturated carbocycles. The van der Waals surface area contributed by atoms with E-state index in [0.29, 0.717) is 5.56 Å². The largest absolute Gasteiger partial charge is 0.378 e. The minimum absolute atomic E-state index is 0.00884.